The van der Waals surface area contributed by atoms with Crippen LogP contribution in [0.1, 0.15) is 45.4 Å². The lowest BCUT2D eigenvalue weighted by atomic mass is 10.1. The van der Waals surface area contributed by atoms with Crippen LogP contribution in [0.4, 0.5) is 0 Å². The van der Waals surface area contributed by atoms with Crippen LogP contribution in [-0.2, 0) is 0 Å². The Morgan fingerprint density at radius 3 is 2.93 bits per heavy atom. The van der Waals surface area contributed by atoms with E-state index in [0.29, 0.717) is 0 Å². The largest absolute Gasteiger partial charge is 0.372 e. The van der Waals surface area contributed by atoms with Gasteiger partial charge in [0, 0.05) is 13.0 Å². The van der Waals surface area contributed by atoms with E-state index < -0.39 is 0 Å². The molecule has 80 valence electrons. The van der Waals surface area contributed by atoms with Gasteiger partial charge in [-0.2, -0.15) is 0 Å². The third kappa shape index (κ3) is 5.05. The summed E-state index contributed by atoms with van der Waals surface area (Å²) in [5, 5.41) is 3.30. The Kier molecular flexibility index (Phi) is 6.13. The van der Waals surface area contributed by atoms with E-state index in [9.17, 15) is 0 Å². The van der Waals surface area contributed by atoms with Crippen molar-refractivity contribution in [2.24, 2.45) is 4.99 Å². The molecule has 0 amide bonds. The molecular formula is C12H22N2. The van der Waals surface area contributed by atoms with Gasteiger partial charge in [0.15, 0.2) is 0 Å². The summed E-state index contributed by atoms with van der Waals surface area (Å²) in [6.45, 7) is 4.21. The molecule has 0 fully saturated rings. The van der Waals surface area contributed by atoms with Gasteiger partial charge >= 0.3 is 0 Å². The molecule has 0 bridgehead atoms. The van der Waals surface area contributed by atoms with Gasteiger partial charge in [0.2, 0.25) is 0 Å². The number of nitrogens with zero attached hydrogens (tertiary/aromatic N) is 1. The molecule has 1 aliphatic rings. The highest BCUT2D eigenvalue weighted by Gasteiger charge is 2.02. The Morgan fingerprint density at radius 2 is 2.21 bits per heavy atom. The molecular weight excluding hydrogens is 172 g/mol. The summed E-state index contributed by atoms with van der Waals surface area (Å²) in [6, 6.07) is 0. The van der Waals surface area contributed by atoms with E-state index in [1.807, 2.05) is 0 Å². The van der Waals surface area contributed by atoms with Gasteiger partial charge in [-0.3, -0.25) is 4.99 Å². The number of unbranched alkanes of at least 4 members (excludes halogenated alkanes) is 3. The first-order valence-corrected chi connectivity index (χ1v) is 5.85. The standard InChI is InChI=1S/C12H22N2/c1-2-3-4-5-6-7-8-9-12-13-10-11-14-12/h3-4H,2,5-11H2,1H3,(H,13,14)/b4-3+. The highest BCUT2D eigenvalue weighted by molar-refractivity contribution is 5.83. The number of allylic oxidation sites excluding steroid dienone is 2. The smallest absolute Gasteiger partial charge is 0.0964 e. The first-order valence-electron chi connectivity index (χ1n) is 5.85. The molecule has 0 spiro atoms. The lowest BCUT2D eigenvalue weighted by Crippen LogP contribution is -2.17. The first kappa shape index (κ1) is 11.3. The van der Waals surface area contributed by atoms with E-state index in [2.05, 4.69) is 29.4 Å². The fourth-order valence-electron chi connectivity index (χ4n) is 1.63. The molecule has 0 aromatic heterocycles. The molecule has 0 atom stereocenters. The third-order valence-electron chi connectivity index (χ3n) is 2.43. The van der Waals surface area contributed by atoms with Crippen LogP contribution in [0.3, 0.4) is 0 Å². The Labute approximate surface area is 87.5 Å². The van der Waals surface area contributed by atoms with Crippen LogP contribution in [0, 0.1) is 0 Å². The quantitative estimate of drug-likeness (QED) is 0.489. The topological polar surface area (TPSA) is 24.4 Å². The molecule has 2 nitrogen and oxygen atoms in total. The second-order valence-corrected chi connectivity index (χ2v) is 3.73. The number of rotatable bonds is 7. The summed E-state index contributed by atoms with van der Waals surface area (Å²) in [4.78, 5) is 4.37. The van der Waals surface area contributed by atoms with Gasteiger partial charge in [-0.25, -0.2) is 0 Å². The van der Waals surface area contributed by atoms with Gasteiger partial charge in [0.25, 0.3) is 0 Å². The van der Waals surface area contributed by atoms with Crippen LogP contribution in [0.15, 0.2) is 17.1 Å². The molecule has 1 heterocycles. The molecule has 0 saturated carbocycles. The second kappa shape index (κ2) is 7.60. The Balaban J connectivity index is 1.86. The van der Waals surface area contributed by atoms with Gasteiger partial charge in [0.1, 0.15) is 0 Å². The summed E-state index contributed by atoms with van der Waals surface area (Å²) in [5.74, 6) is 1.23. The highest BCUT2D eigenvalue weighted by atomic mass is 15.1. The number of aliphatic imine (C=N–C) groups is 1. The van der Waals surface area contributed by atoms with Crippen LogP contribution in [0.25, 0.3) is 0 Å². The molecule has 0 radical (unpaired) electrons. The van der Waals surface area contributed by atoms with Crippen molar-refractivity contribution in [1.82, 2.24) is 5.32 Å². The fourth-order valence-corrected chi connectivity index (χ4v) is 1.63. The molecule has 0 aliphatic carbocycles. The zero-order valence-corrected chi connectivity index (χ0v) is 9.26. The number of nitrogens with one attached hydrogen (secondary N) is 1. The van der Waals surface area contributed by atoms with E-state index in [0.717, 1.165) is 19.5 Å². The van der Waals surface area contributed by atoms with Crippen molar-refractivity contribution in [2.75, 3.05) is 13.1 Å². The predicted octanol–water partition coefficient (Wildman–Crippen LogP) is 2.90. The Morgan fingerprint density at radius 1 is 1.29 bits per heavy atom. The summed E-state index contributed by atoms with van der Waals surface area (Å²) in [6.07, 6.45) is 12.0. The number of amidine groups is 1. The van der Waals surface area contributed by atoms with Crippen LogP contribution in [0.2, 0.25) is 0 Å². The fraction of sp³-hybridized carbons (Fsp3) is 0.750. The molecule has 0 aromatic carbocycles. The van der Waals surface area contributed by atoms with Crippen LogP contribution in [-0.4, -0.2) is 18.9 Å². The summed E-state index contributed by atoms with van der Waals surface area (Å²) in [7, 11) is 0. The monoisotopic (exact) mass is 194 g/mol. The average molecular weight is 194 g/mol. The SMILES string of the molecule is CC/C=C/CCCCCC1=NCCN1. The van der Waals surface area contributed by atoms with E-state index in [-0.39, 0.29) is 0 Å². The second-order valence-electron chi connectivity index (χ2n) is 3.73. The zero-order chi connectivity index (χ0) is 10.1. The van der Waals surface area contributed by atoms with Crippen molar-refractivity contribution in [3.63, 3.8) is 0 Å². The van der Waals surface area contributed by atoms with Gasteiger partial charge < -0.3 is 5.32 Å². The molecule has 2 heteroatoms. The van der Waals surface area contributed by atoms with Crippen molar-refractivity contribution in [2.45, 2.75) is 45.4 Å². The maximum atomic E-state index is 4.37. The van der Waals surface area contributed by atoms with Crippen molar-refractivity contribution in [3.8, 4) is 0 Å². The van der Waals surface area contributed by atoms with Crippen molar-refractivity contribution in [3.05, 3.63) is 12.2 Å². The minimum atomic E-state index is 0.981. The van der Waals surface area contributed by atoms with Gasteiger partial charge in [-0.05, 0) is 25.7 Å². The van der Waals surface area contributed by atoms with Crippen LogP contribution < -0.4 is 5.32 Å². The number of hydrogen-bond donors (Lipinski definition) is 1. The van der Waals surface area contributed by atoms with Crippen molar-refractivity contribution >= 4 is 5.84 Å². The molecule has 0 aromatic rings. The van der Waals surface area contributed by atoms with Gasteiger partial charge in [-0.1, -0.05) is 25.5 Å². The minimum absolute atomic E-state index is 0.981. The normalized spacial score (nSPS) is 15.9. The number of hydrogen-bond acceptors (Lipinski definition) is 2. The van der Waals surface area contributed by atoms with E-state index >= 15 is 0 Å². The summed E-state index contributed by atoms with van der Waals surface area (Å²) in [5.41, 5.74) is 0. The molecule has 14 heavy (non-hydrogen) atoms. The van der Waals surface area contributed by atoms with E-state index in [4.69, 9.17) is 0 Å². The molecule has 0 unspecified atom stereocenters. The molecule has 0 saturated heterocycles. The summed E-state index contributed by atoms with van der Waals surface area (Å²) >= 11 is 0. The van der Waals surface area contributed by atoms with Crippen molar-refractivity contribution in [1.29, 1.82) is 0 Å². The third-order valence-corrected chi connectivity index (χ3v) is 2.43. The lowest BCUT2D eigenvalue weighted by molar-refractivity contribution is 0.701. The maximum absolute atomic E-state index is 4.37. The first-order chi connectivity index (χ1) is 6.93. The van der Waals surface area contributed by atoms with E-state index in [1.165, 1.54) is 37.9 Å². The maximum Gasteiger partial charge on any atom is 0.0964 e. The van der Waals surface area contributed by atoms with Crippen molar-refractivity contribution < 1.29 is 0 Å². The van der Waals surface area contributed by atoms with Gasteiger partial charge in [-0.15, -0.1) is 0 Å². The predicted molar refractivity (Wildman–Crippen MR) is 62.8 cm³/mol. The Hall–Kier alpha value is -0.790. The average Bonchev–Trinajstić information content (AvgIpc) is 2.69. The molecule has 1 aliphatic heterocycles. The Bertz CT molecular complexity index is 194. The van der Waals surface area contributed by atoms with Gasteiger partial charge in [0.05, 0.1) is 12.4 Å². The summed E-state index contributed by atoms with van der Waals surface area (Å²) < 4.78 is 0. The molecule has 1 N–H and O–H groups in total. The molecule has 1 rings (SSSR count). The van der Waals surface area contributed by atoms with Crippen LogP contribution in [0.5, 0.6) is 0 Å². The zero-order valence-electron chi connectivity index (χ0n) is 9.26. The van der Waals surface area contributed by atoms with Crippen LogP contribution >= 0.6 is 0 Å². The van der Waals surface area contributed by atoms with E-state index in [1.54, 1.807) is 0 Å². The lowest BCUT2D eigenvalue weighted by Gasteiger charge is -2.00. The minimum Gasteiger partial charge on any atom is -0.372 e. The highest BCUT2D eigenvalue weighted by Crippen LogP contribution is 2.05.